The van der Waals surface area contributed by atoms with E-state index in [1.807, 2.05) is 0 Å². The Labute approximate surface area is 99.4 Å². The van der Waals surface area contributed by atoms with E-state index in [0.29, 0.717) is 0 Å². The summed E-state index contributed by atoms with van der Waals surface area (Å²) in [5.74, 6) is -1.23. The van der Waals surface area contributed by atoms with Crippen LogP contribution in [-0.2, 0) is 10.1 Å². The van der Waals surface area contributed by atoms with Crippen LogP contribution in [-0.4, -0.2) is 18.7 Å². The van der Waals surface area contributed by atoms with E-state index in [2.05, 4.69) is 0 Å². The summed E-state index contributed by atoms with van der Waals surface area (Å²) in [5, 5.41) is 16.5. The monoisotopic (exact) mass is 210 g/mol. The van der Waals surface area contributed by atoms with Crippen molar-refractivity contribution in [3.63, 3.8) is 0 Å². The van der Waals surface area contributed by atoms with Crippen molar-refractivity contribution in [2.45, 2.75) is 12.8 Å². The molecule has 0 aliphatic heterocycles. The van der Waals surface area contributed by atoms with E-state index in [1.54, 1.807) is 12.1 Å². The molecule has 1 unspecified atom stereocenters. The van der Waals surface area contributed by atoms with Gasteiger partial charge < -0.3 is 4.55 Å². The third kappa shape index (κ3) is 9.81. The van der Waals surface area contributed by atoms with Gasteiger partial charge in [-0.1, -0.05) is 0 Å². The van der Waals surface area contributed by atoms with Crippen molar-refractivity contribution in [1.29, 1.82) is 10.5 Å². The van der Waals surface area contributed by atoms with Crippen LogP contribution in [0.15, 0.2) is 0 Å². The maximum Gasteiger partial charge on any atom is 1.00 e. The molecule has 0 aromatic heterocycles. The Morgan fingerprint density at radius 3 is 2.23 bits per heavy atom. The molecule has 0 amide bonds. The molecule has 0 bridgehead atoms. The van der Waals surface area contributed by atoms with Crippen LogP contribution < -0.4 is 29.6 Å². The fraction of sp³-hybridized carbons (Fsp3) is 0.667. The van der Waals surface area contributed by atoms with Gasteiger partial charge in [0.05, 0.1) is 34.6 Å². The number of hydrogen-bond acceptors (Lipinski definition) is 5. The molecule has 0 N–H and O–H groups in total. The summed E-state index contributed by atoms with van der Waals surface area (Å²) in [6.07, 6.45) is -0.0953. The summed E-state index contributed by atoms with van der Waals surface area (Å²) < 4.78 is 30.3. The minimum Gasteiger partial charge on any atom is -0.748 e. The van der Waals surface area contributed by atoms with Crippen molar-refractivity contribution < 1.29 is 42.5 Å². The normalized spacial score (nSPS) is 11.9. The average Bonchev–Trinajstić information content (AvgIpc) is 1.96. The van der Waals surface area contributed by atoms with E-state index in [9.17, 15) is 13.0 Å². The molecule has 0 rings (SSSR count). The molecule has 0 heterocycles. The van der Waals surface area contributed by atoms with Crippen molar-refractivity contribution in [3.8, 4) is 12.1 Å². The van der Waals surface area contributed by atoms with Gasteiger partial charge in [-0.2, -0.15) is 10.5 Å². The quantitative estimate of drug-likeness (QED) is 0.362. The number of nitriles is 2. The predicted molar refractivity (Wildman–Crippen MR) is 38.5 cm³/mol. The molecular weight excluding hydrogens is 203 g/mol. The SMILES string of the molecule is N#CCC(C#N)CCS(=O)(=O)[O-].[Na+]. The van der Waals surface area contributed by atoms with E-state index in [0.717, 1.165) is 0 Å². The van der Waals surface area contributed by atoms with E-state index in [1.165, 1.54) is 0 Å². The van der Waals surface area contributed by atoms with Gasteiger partial charge in [0.15, 0.2) is 0 Å². The zero-order chi connectivity index (χ0) is 9.61. The molecule has 7 heteroatoms. The molecule has 5 nitrogen and oxygen atoms in total. The fourth-order valence-electron chi connectivity index (χ4n) is 0.609. The Bertz CT molecular complexity index is 314. The Balaban J connectivity index is 0. The van der Waals surface area contributed by atoms with Crippen LogP contribution in [0.25, 0.3) is 0 Å². The first-order valence-electron chi connectivity index (χ1n) is 3.19. The smallest absolute Gasteiger partial charge is 0.748 e. The van der Waals surface area contributed by atoms with Gasteiger partial charge in [-0.25, -0.2) is 8.42 Å². The van der Waals surface area contributed by atoms with Crippen LogP contribution >= 0.6 is 0 Å². The fourth-order valence-corrected chi connectivity index (χ4v) is 1.18. The van der Waals surface area contributed by atoms with Gasteiger partial charge in [0.2, 0.25) is 0 Å². The summed E-state index contributed by atoms with van der Waals surface area (Å²) in [6.45, 7) is 0. The van der Waals surface area contributed by atoms with Gasteiger partial charge in [-0.15, -0.1) is 0 Å². The molecule has 0 spiro atoms. The van der Waals surface area contributed by atoms with Crippen LogP contribution in [0.3, 0.4) is 0 Å². The molecule has 1 atom stereocenters. The number of hydrogen-bond donors (Lipinski definition) is 0. The first kappa shape index (κ1) is 15.4. The topological polar surface area (TPSA) is 105 Å². The summed E-state index contributed by atoms with van der Waals surface area (Å²) in [7, 11) is -4.26. The Kier molecular flexibility index (Phi) is 8.64. The molecule has 0 aromatic rings. The molecule has 0 saturated heterocycles. The van der Waals surface area contributed by atoms with Crippen molar-refractivity contribution in [1.82, 2.24) is 0 Å². The van der Waals surface area contributed by atoms with Crippen LogP contribution in [0.2, 0.25) is 0 Å². The van der Waals surface area contributed by atoms with Crippen LogP contribution in [0.1, 0.15) is 12.8 Å². The third-order valence-corrected chi connectivity index (χ3v) is 1.97. The van der Waals surface area contributed by atoms with Gasteiger partial charge in [-0.05, 0) is 6.42 Å². The predicted octanol–water partition coefficient (Wildman–Crippen LogP) is -3.02. The standard InChI is InChI=1S/C6H8N2O3S.Na/c7-3-1-6(5-8)2-4-12(9,10)11;/h6H,1-2,4H2,(H,9,10,11);/q;+1/p-1. The van der Waals surface area contributed by atoms with E-state index < -0.39 is 21.8 Å². The van der Waals surface area contributed by atoms with E-state index in [4.69, 9.17) is 10.5 Å². The van der Waals surface area contributed by atoms with Gasteiger partial charge >= 0.3 is 29.6 Å². The molecule has 0 fully saturated rings. The third-order valence-electron chi connectivity index (χ3n) is 1.24. The molecule has 0 aliphatic rings. The summed E-state index contributed by atoms with van der Waals surface area (Å²) >= 11 is 0. The van der Waals surface area contributed by atoms with Gasteiger partial charge in [0.1, 0.15) is 0 Å². The van der Waals surface area contributed by atoms with E-state index in [-0.39, 0.29) is 42.4 Å². The van der Waals surface area contributed by atoms with Gasteiger partial charge in [0, 0.05) is 5.75 Å². The summed E-state index contributed by atoms with van der Waals surface area (Å²) in [6, 6.07) is 3.49. The second-order valence-electron chi connectivity index (χ2n) is 2.24. The second-order valence-corrected chi connectivity index (χ2v) is 3.76. The minimum atomic E-state index is -4.26. The zero-order valence-corrected chi connectivity index (χ0v) is 10.0. The Hall–Kier alpha value is -0.110. The van der Waals surface area contributed by atoms with Gasteiger partial charge in [-0.3, -0.25) is 0 Å². The molecule has 0 radical (unpaired) electrons. The van der Waals surface area contributed by atoms with Crippen LogP contribution in [0, 0.1) is 28.6 Å². The van der Waals surface area contributed by atoms with Gasteiger partial charge in [0.25, 0.3) is 0 Å². The number of rotatable bonds is 4. The Morgan fingerprint density at radius 1 is 1.38 bits per heavy atom. The maximum atomic E-state index is 10.1. The Morgan fingerprint density at radius 2 is 1.92 bits per heavy atom. The van der Waals surface area contributed by atoms with Crippen molar-refractivity contribution in [3.05, 3.63) is 0 Å². The molecule has 13 heavy (non-hydrogen) atoms. The average molecular weight is 210 g/mol. The van der Waals surface area contributed by atoms with Crippen molar-refractivity contribution >= 4 is 10.1 Å². The zero-order valence-electron chi connectivity index (χ0n) is 7.23. The molecule has 0 aromatic carbocycles. The molecular formula is C6H7N2NaO3S. The van der Waals surface area contributed by atoms with Crippen molar-refractivity contribution in [2.75, 3.05) is 5.75 Å². The van der Waals surface area contributed by atoms with Crippen LogP contribution in [0.5, 0.6) is 0 Å². The van der Waals surface area contributed by atoms with Crippen LogP contribution in [0.4, 0.5) is 0 Å². The summed E-state index contributed by atoms with van der Waals surface area (Å²) in [5.41, 5.74) is 0. The second kappa shape index (κ2) is 7.31. The first-order chi connectivity index (χ1) is 5.49. The summed E-state index contributed by atoms with van der Waals surface area (Å²) in [4.78, 5) is 0. The molecule has 66 valence electrons. The largest absolute Gasteiger partial charge is 1.00 e. The van der Waals surface area contributed by atoms with Crippen molar-refractivity contribution in [2.24, 2.45) is 5.92 Å². The minimum absolute atomic E-state index is 0. The molecule has 0 saturated carbocycles. The number of nitrogens with zero attached hydrogens (tertiary/aromatic N) is 2. The first-order valence-corrected chi connectivity index (χ1v) is 4.77. The van der Waals surface area contributed by atoms with E-state index >= 15 is 0 Å². The molecule has 0 aliphatic carbocycles. The maximum absolute atomic E-state index is 10.1.